The van der Waals surface area contributed by atoms with E-state index >= 15 is 0 Å². The van der Waals surface area contributed by atoms with Gasteiger partial charge in [-0.15, -0.1) is 0 Å². The fourth-order valence-corrected chi connectivity index (χ4v) is 1.90. The third kappa shape index (κ3) is 4.10. The number of hydrogen-bond acceptors (Lipinski definition) is 4. The predicted octanol–water partition coefficient (Wildman–Crippen LogP) is 3.95. The summed E-state index contributed by atoms with van der Waals surface area (Å²) < 4.78 is 0. The Bertz CT molecular complexity index is 559. The van der Waals surface area contributed by atoms with Crippen molar-refractivity contribution in [2.45, 2.75) is 32.9 Å². The Hall–Kier alpha value is -1.81. The summed E-state index contributed by atoms with van der Waals surface area (Å²) in [5.74, 6) is 1.43. The molecule has 5 heteroatoms. The van der Waals surface area contributed by atoms with Crippen molar-refractivity contribution in [3.05, 3.63) is 47.1 Å². The monoisotopic (exact) mass is 290 g/mol. The minimum atomic E-state index is 0.390. The second-order valence-corrected chi connectivity index (χ2v) is 5.07. The highest BCUT2D eigenvalue weighted by atomic mass is 35.5. The van der Waals surface area contributed by atoms with Crippen LogP contribution in [0, 0.1) is 0 Å². The Morgan fingerprint density at radius 2 is 2.05 bits per heavy atom. The maximum atomic E-state index is 6.12. The molecule has 0 fully saturated rings. The summed E-state index contributed by atoms with van der Waals surface area (Å²) in [5, 5.41) is 7.26. The van der Waals surface area contributed by atoms with E-state index in [1.54, 1.807) is 6.20 Å². The molecule has 4 nitrogen and oxygen atoms in total. The lowest BCUT2D eigenvalue weighted by atomic mass is 10.2. The highest BCUT2D eigenvalue weighted by Gasteiger charge is 2.03. The lowest BCUT2D eigenvalue weighted by molar-refractivity contribution is 0.758. The molecule has 0 saturated carbocycles. The Balaban J connectivity index is 2.00. The van der Waals surface area contributed by atoms with Crippen LogP contribution in [0.5, 0.6) is 0 Å². The zero-order valence-electron chi connectivity index (χ0n) is 11.7. The summed E-state index contributed by atoms with van der Waals surface area (Å²) in [5.41, 5.74) is 1.03. The first-order valence-electron chi connectivity index (χ1n) is 6.76. The van der Waals surface area contributed by atoms with Crippen molar-refractivity contribution >= 4 is 23.4 Å². The lowest BCUT2D eigenvalue weighted by Gasteiger charge is -2.13. The predicted molar refractivity (Wildman–Crippen MR) is 84.2 cm³/mol. The number of anilines is 2. The van der Waals surface area contributed by atoms with Crippen LogP contribution in [0.3, 0.4) is 0 Å². The number of nitrogens with one attached hydrogen (secondary N) is 2. The van der Waals surface area contributed by atoms with Crippen molar-refractivity contribution in [2.24, 2.45) is 0 Å². The van der Waals surface area contributed by atoms with Gasteiger partial charge in [0.2, 0.25) is 5.95 Å². The molecule has 0 aliphatic carbocycles. The fourth-order valence-electron chi connectivity index (χ4n) is 1.69. The maximum absolute atomic E-state index is 6.12. The summed E-state index contributed by atoms with van der Waals surface area (Å²) in [6.07, 6.45) is 2.79. The third-order valence-electron chi connectivity index (χ3n) is 3.06. The third-order valence-corrected chi connectivity index (χ3v) is 3.43. The average molecular weight is 291 g/mol. The van der Waals surface area contributed by atoms with Crippen molar-refractivity contribution in [2.75, 3.05) is 10.6 Å². The Morgan fingerprint density at radius 1 is 1.25 bits per heavy atom. The standard InChI is InChI=1S/C15H19ClN4/c1-3-11(2)19-14-8-9-17-15(20-14)18-10-12-6-4-5-7-13(12)16/h4-9,11H,3,10H2,1-2H3,(H2,17,18,19,20). The van der Waals surface area contributed by atoms with Crippen molar-refractivity contribution in [1.82, 2.24) is 9.97 Å². The molecule has 0 spiro atoms. The van der Waals surface area contributed by atoms with E-state index in [9.17, 15) is 0 Å². The van der Waals surface area contributed by atoms with E-state index in [2.05, 4.69) is 34.4 Å². The second kappa shape index (κ2) is 7.10. The van der Waals surface area contributed by atoms with Gasteiger partial charge < -0.3 is 10.6 Å². The smallest absolute Gasteiger partial charge is 0.224 e. The van der Waals surface area contributed by atoms with Gasteiger partial charge in [-0.2, -0.15) is 4.98 Å². The molecule has 0 aliphatic rings. The number of hydrogen-bond donors (Lipinski definition) is 2. The van der Waals surface area contributed by atoms with Crippen LogP contribution in [0.1, 0.15) is 25.8 Å². The van der Waals surface area contributed by atoms with E-state index in [0.717, 1.165) is 22.8 Å². The van der Waals surface area contributed by atoms with E-state index in [1.165, 1.54) is 0 Å². The first-order valence-corrected chi connectivity index (χ1v) is 7.13. The van der Waals surface area contributed by atoms with Crippen LogP contribution in [0.25, 0.3) is 0 Å². The van der Waals surface area contributed by atoms with Crippen LogP contribution in [0.4, 0.5) is 11.8 Å². The van der Waals surface area contributed by atoms with E-state index in [4.69, 9.17) is 11.6 Å². The first kappa shape index (κ1) is 14.6. The van der Waals surface area contributed by atoms with Gasteiger partial charge in [-0.1, -0.05) is 36.7 Å². The lowest BCUT2D eigenvalue weighted by Crippen LogP contribution is -2.15. The topological polar surface area (TPSA) is 49.8 Å². The van der Waals surface area contributed by atoms with Gasteiger partial charge in [0.1, 0.15) is 5.82 Å². The molecule has 2 aromatic rings. The van der Waals surface area contributed by atoms with Gasteiger partial charge in [-0.05, 0) is 31.0 Å². The molecule has 1 aromatic carbocycles. The Kier molecular flexibility index (Phi) is 5.18. The molecule has 0 radical (unpaired) electrons. The van der Waals surface area contributed by atoms with Gasteiger partial charge in [0.15, 0.2) is 0 Å². The quantitative estimate of drug-likeness (QED) is 0.846. The van der Waals surface area contributed by atoms with Gasteiger partial charge >= 0.3 is 0 Å². The van der Waals surface area contributed by atoms with Crippen molar-refractivity contribution in [1.29, 1.82) is 0 Å². The van der Waals surface area contributed by atoms with Gasteiger partial charge in [-0.3, -0.25) is 0 Å². The molecule has 106 valence electrons. The fraction of sp³-hybridized carbons (Fsp3) is 0.333. The highest BCUT2D eigenvalue weighted by molar-refractivity contribution is 6.31. The summed E-state index contributed by atoms with van der Waals surface area (Å²) in [4.78, 5) is 8.64. The molecule has 0 aliphatic heterocycles. The molecular formula is C15H19ClN4. The average Bonchev–Trinajstić information content (AvgIpc) is 2.47. The Morgan fingerprint density at radius 3 is 2.80 bits per heavy atom. The van der Waals surface area contributed by atoms with Crippen LogP contribution in [-0.2, 0) is 6.54 Å². The van der Waals surface area contributed by atoms with E-state index < -0.39 is 0 Å². The zero-order chi connectivity index (χ0) is 14.4. The summed E-state index contributed by atoms with van der Waals surface area (Å²) in [7, 11) is 0. The summed E-state index contributed by atoms with van der Waals surface area (Å²) in [6, 6.07) is 9.99. The van der Waals surface area contributed by atoms with Gasteiger partial charge in [0, 0.05) is 23.8 Å². The summed E-state index contributed by atoms with van der Waals surface area (Å²) in [6.45, 7) is 4.86. The highest BCUT2D eigenvalue weighted by Crippen LogP contribution is 2.16. The number of rotatable bonds is 6. The van der Waals surface area contributed by atoms with E-state index in [1.807, 2.05) is 30.3 Å². The summed E-state index contributed by atoms with van der Waals surface area (Å²) >= 11 is 6.12. The van der Waals surface area contributed by atoms with Crippen LogP contribution >= 0.6 is 11.6 Å². The van der Waals surface area contributed by atoms with Crippen LogP contribution in [0.2, 0.25) is 5.02 Å². The van der Waals surface area contributed by atoms with Gasteiger partial charge in [0.05, 0.1) is 0 Å². The van der Waals surface area contributed by atoms with Crippen molar-refractivity contribution in [3.63, 3.8) is 0 Å². The van der Waals surface area contributed by atoms with E-state index in [-0.39, 0.29) is 0 Å². The minimum absolute atomic E-state index is 0.390. The van der Waals surface area contributed by atoms with Crippen molar-refractivity contribution < 1.29 is 0 Å². The van der Waals surface area contributed by atoms with Crippen LogP contribution < -0.4 is 10.6 Å². The first-order chi connectivity index (χ1) is 9.69. The molecule has 2 N–H and O–H groups in total. The number of benzene rings is 1. The zero-order valence-corrected chi connectivity index (χ0v) is 12.5. The molecule has 20 heavy (non-hydrogen) atoms. The molecular weight excluding hydrogens is 272 g/mol. The Labute approximate surface area is 124 Å². The van der Waals surface area contributed by atoms with Crippen molar-refractivity contribution in [3.8, 4) is 0 Å². The maximum Gasteiger partial charge on any atom is 0.224 e. The molecule has 0 bridgehead atoms. The molecule has 1 unspecified atom stereocenters. The number of halogens is 1. The van der Waals surface area contributed by atoms with E-state index in [0.29, 0.717) is 18.5 Å². The molecule has 1 heterocycles. The van der Waals surface area contributed by atoms with Crippen LogP contribution in [-0.4, -0.2) is 16.0 Å². The second-order valence-electron chi connectivity index (χ2n) is 4.66. The SMILES string of the molecule is CCC(C)Nc1ccnc(NCc2ccccc2Cl)n1. The molecule has 0 saturated heterocycles. The molecule has 1 atom stereocenters. The van der Waals surface area contributed by atoms with Gasteiger partial charge in [-0.25, -0.2) is 4.98 Å². The number of aromatic nitrogens is 2. The number of nitrogens with zero attached hydrogens (tertiary/aromatic N) is 2. The normalized spacial score (nSPS) is 11.9. The molecule has 2 rings (SSSR count). The van der Waals surface area contributed by atoms with Gasteiger partial charge in [0.25, 0.3) is 0 Å². The molecule has 0 amide bonds. The largest absolute Gasteiger partial charge is 0.367 e. The molecule has 1 aromatic heterocycles. The van der Waals surface area contributed by atoms with Crippen LogP contribution in [0.15, 0.2) is 36.5 Å². The minimum Gasteiger partial charge on any atom is -0.367 e.